The highest BCUT2D eigenvalue weighted by Crippen LogP contribution is 2.63. The number of nitrogens with one attached hydrogen (secondary N) is 1. The van der Waals surface area contributed by atoms with Crippen LogP contribution in [0.15, 0.2) is 12.4 Å². The van der Waals surface area contributed by atoms with Gasteiger partial charge in [0.15, 0.2) is 11.6 Å². The van der Waals surface area contributed by atoms with Crippen LogP contribution in [0, 0.1) is 16.7 Å². The highest BCUT2D eigenvalue weighted by Gasteiger charge is 2.59. The smallest absolute Gasteiger partial charge is 0.169 e. The van der Waals surface area contributed by atoms with Crippen molar-refractivity contribution < 1.29 is 0 Å². The third-order valence-electron chi connectivity index (χ3n) is 5.28. The Morgan fingerprint density at radius 2 is 2.00 bits per heavy atom. The Kier molecular flexibility index (Phi) is 2.34. The van der Waals surface area contributed by atoms with Crippen LogP contribution >= 0.6 is 0 Å². The normalized spacial score (nSPS) is 36.8. The summed E-state index contributed by atoms with van der Waals surface area (Å²) in [6.45, 7) is 7.13. The van der Waals surface area contributed by atoms with Crippen LogP contribution in [0.4, 0.5) is 11.6 Å². The van der Waals surface area contributed by atoms with E-state index in [1.54, 1.807) is 12.4 Å². The molecule has 2 aliphatic rings. The van der Waals surface area contributed by atoms with Crippen molar-refractivity contribution in [1.29, 1.82) is 0 Å². The first-order valence-corrected chi connectivity index (χ1v) is 6.76. The molecule has 0 amide bonds. The minimum absolute atomic E-state index is 0.303. The Morgan fingerprint density at radius 1 is 1.28 bits per heavy atom. The molecule has 2 saturated carbocycles. The molecule has 1 heterocycles. The van der Waals surface area contributed by atoms with Gasteiger partial charge in [-0.1, -0.05) is 20.8 Å². The molecular formula is C14H22N4. The molecule has 1 aromatic rings. The fourth-order valence-electron chi connectivity index (χ4n) is 4.26. The molecule has 3 atom stereocenters. The van der Waals surface area contributed by atoms with E-state index in [9.17, 15) is 0 Å². The Hall–Kier alpha value is -1.32. The van der Waals surface area contributed by atoms with Gasteiger partial charge in [0.1, 0.15) is 0 Å². The fraction of sp³-hybridized carbons (Fsp3) is 0.714. The molecule has 4 nitrogen and oxygen atoms in total. The quantitative estimate of drug-likeness (QED) is 0.842. The van der Waals surface area contributed by atoms with Gasteiger partial charge in [-0.3, -0.25) is 0 Å². The van der Waals surface area contributed by atoms with Crippen LogP contribution in [0.5, 0.6) is 0 Å². The molecule has 4 heteroatoms. The Labute approximate surface area is 108 Å². The van der Waals surface area contributed by atoms with Crippen molar-refractivity contribution in [2.75, 3.05) is 11.1 Å². The molecule has 3 N–H and O–H groups in total. The molecule has 1 aromatic heterocycles. The zero-order chi connectivity index (χ0) is 13.0. The van der Waals surface area contributed by atoms with Crippen molar-refractivity contribution in [2.45, 2.75) is 46.1 Å². The number of rotatable bonds is 2. The monoisotopic (exact) mass is 246 g/mol. The average Bonchev–Trinajstić information content (AvgIpc) is 2.78. The number of fused-ring (bicyclic) bond motifs is 2. The Morgan fingerprint density at radius 3 is 2.61 bits per heavy atom. The van der Waals surface area contributed by atoms with E-state index in [-0.39, 0.29) is 0 Å². The molecule has 3 unspecified atom stereocenters. The number of hydrogen-bond acceptors (Lipinski definition) is 4. The molecule has 3 rings (SSSR count). The van der Waals surface area contributed by atoms with Gasteiger partial charge >= 0.3 is 0 Å². The van der Waals surface area contributed by atoms with E-state index < -0.39 is 0 Å². The van der Waals surface area contributed by atoms with Crippen molar-refractivity contribution >= 4 is 11.6 Å². The van der Waals surface area contributed by atoms with Crippen molar-refractivity contribution in [3.05, 3.63) is 12.4 Å². The summed E-state index contributed by atoms with van der Waals surface area (Å²) in [7, 11) is 0. The van der Waals surface area contributed by atoms with E-state index in [1.807, 2.05) is 0 Å². The van der Waals surface area contributed by atoms with Gasteiger partial charge in [-0.15, -0.1) is 0 Å². The second-order valence-corrected chi connectivity index (χ2v) is 6.78. The molecular weight excluding hydrogens is 224 g/mol. The lowest BCUT2D eigenvalue weighted by Crippen LogP contribution is -2.46. The molecule has 0 radical (unpaired) electrons. The molecule has 2 bridgehead atoms. The number of nitrogen functional groups attached to an aromatic ring is 1. The van der Waals surface area contributed by atoms with Crippen LogP contribution in [0.3, 0.4) is 0 Å². The topological polar surface area (TPSA) is 63.8 Å². The number of aromatic nitrogens is 2. The molecule has 18 heavy (non-hydrogen) atoms. The van der Waals surface area contributed by atoms with E-state index in [4.69, 9.17) is 5.73 Å². The predicted octanol–water partition coefficient (Wildman–Crippen LogP) is 2.69. The van der Waals surface area contributed by atoms with Crippen molar-refractivity contribution in [2.24, 2.45) is 16.7 Å². The zero-order valence-corrected chi connectivity index (χ0v) is 11.4. The van der Waals surface area contributed by atoms with Gasteiger partial charge in [0, 0.05) is 18.4 Å². The first-order chi connectivity index (χ1) is 8.43. The highest BCUT2D eigenvalue weighted by atomic mass is 15.1. The van der Waals surface area contributed by atoms with Gasteiger partial charge < -0.3 is 11.1 Å². The third-order valence-corrected chi connectivity index (χ3v) is 5.28. The Bertz CT molecular complexity index is 466. The number of nitrogens with zero attached hydrogens (tertiary/aromatic N) is 2. The second kappa shape index (κ2) is 3.59. The summed E-state index contributed by atoms with van der Waals surface area (Å²) >= 11 is 0. The van der Waals surface area contributed by atoms with Crippen molar-refractivity contribution in [1.82, 2.24) is 9.97 Å². The molecule has 0 aromatic carbocycles. The zero-order valence-electron chi connectivity index (χ0n) is 11.4. The predicted molar refractivity (Wildman–Crippen MR) is 73.1 cm³/mol. The van der Waals surface area contributed by atoms with Crippen molar-refractivity contribution in [3.8, 4) is 0 Å². The van der Waals surface area contributed by atoms with E-state index in [0.717, 1.165) is 11.7 Å². The second-order valence-electron chi connectivity index (χ2n) is 6.78. The lowest BCUT2D eigenvalue weighted by Gasteiger charge is -2.43. The first kappa shape index (κ1) is 11.8. The van der Waals surface area contributed by atoms with Crippen LogP contribution in [-0.2, 0) is 0 Å². The summed E-state index contributed by atoms with van der Waals surface area (Å²) in [4.78, 5) is 8.43. The first-order valence-electron chi connectivity index (χ1n) is 6.76. The summed E-state index contributed by atoms with van der Waals surface area (Å²) in [6, 6.07) is 0.433. The number of nitrogens with two attached hydrogens (primary N) is 1. The van der Waals surface area contributed by atoms with E-state index in [0.29, 0.717) is 22.7 Å². The lowest BCUT2D eigenvalue weighted by atomic mass is 9.68. The summed E-state index contributed by atoms with van der Waals surface area (Å²) in [5.74, 6) is 2.06. The maximum Gasteiger partial charge on any atom is 0.169 e. The number of hydrogen-bond donors (Lipinski definition) is 2. The summed E-state index contributed by atoms with van der Waals surface area (Å²) < 4.78 is 0. The van der Waals surface area contributed by atoms with Crippen LogP contribution < -0.4 is 11.1 Å². The summed E-state index contributed by atoms with van der Waals surface area (Å²) in [6.07, 6.45) is 7.31. The van der Waals surface area contributed by atoms with E-state index in [1.165, 1.54) is 19.3 Å². The SMILES string of the molecule is CC12CCC(C1)C(C)(C)C2Nc1nccnc1N. The minimum Gasteiger partial charge on any atom is -0.381 e. The molecule has 0 saturated heterocycles. The summed E-state index contributed by atoms with van der Waals surface area (Å²) in [5, 5.41) is 3.57. The maximum absolute atomic E-state index is 5.89. The standard InChI is InChI=1S/C14H22N4/c1-13(2)9-4-5-14(3,8-9)12(13)18-11-10(15)16-6-7-17-11/h6-7,9,12H,4-5,8H2,1-3H3,(H2,15,16)(H,17,18). The van der Waals surface area contributed by atoms with Crippen LogP contribution in [-0.4, -0.2) is 16.0 Å². The molecule has 2 fully saturated rings. The maximum atomic E-state index is 5.89. The van der Waals surface area contributed by atoms with Gasteiger partial charge in [-0.2, -0.15) is 0 Å². The van der Waals surface area contributed by atoms with Gasteiger partial charge in [0.25, 0.3) is 0 Å². The average molecular weight is 246 g/mol. The molecule has 0 aliphatic heterocycles. The van der Waals surface area contributed by atoms with Gasteiger partial charge in [-0.25, -0.2) is 9.97 Å². The van der Waals surface area contributed by atoms with E-state index in [2.05, 4.69) is 36.1 Å². The van der Waals surface area contributed by atoms with Crippen molar-refractivity contribution in [3.63, 3.8) is 0 Å². The van der Waals surface area contributed by atoms with E-state index >= 15 is 0 Å². The van der Waals surface area contributed by atoms with Crippen LogP contribution in [0.25, 0.3) is 0 Å². The molecule has 0 spiro atoms. The van der Waals surface area contributed by atoms with Crippen LogP contribution in [0.2, 0.25) is 0 Å². The Balaban J connectivity index is 1.91. The van der Waals surface area contributed by atoms with Gasteiger partial charge in [-0.05, 0) is 36.0 Å². The third kappa shape index (κ3) is 1.51. The molecule has 2 aliphatic carbocycles. The molecule has 98 valence electrons. The van der Waals surface area contributed by atoms with Crippen LogP contribution in [0.1, 0.15) is 40.0 Å². The highest BCUT2D eigenvalue weighted by molar-refractivity contribution is 5.56. The largest absolute Gasteiger partial charge is 0.381 e. The lowest BCUT2D eigenvalue weighted by molar-refractivity contribution is 0.155. The fourth-order valence-corrected chi connectivity index (χ4v) is 4.26. The summed E-state index contributed by atoms with van der Waals surface area (Å²) in [5.41, 5.74) is 6.57. The minimum atomic E-state index is 0.303. The van der Waals surface area contributed by atoms with Gasteiger partial charge in [0.05, 0.1) is 0 Å². The van der Waals surface area contributed by atoms with Gasteiger partial charge in [0.2, 0.25) is 0 Å². The number of anilines is 2.